The third-order valence-corrected chi connectivity index (χ3v) is 37.8. The van der Waals surface area contributed by atoms with Crippen molar-refractivity contribution in [2.24, 2.45) is 18.1 Å². The second kappa shape index (κ2) is 36.8. The van der Waals surface area contributed by atoms with E-state index in [1.54, 1.807) is 0 Å². The smallest absolute Gasteiger partial charge is 0.502 e. The Labute approximate surface area is 438 Å². The Morgan fingerprint density at radius 1 is 0.186 bits per heavy atom. The predicted molar refractivity (Wildman–Crippen MR) is 321 cm³/mol. The molecule has 0 aliphatic carbocycles. The molecule has 0 radical (unpaired) electrons. The maximum absolute atomic E-state index is 7.12. The average molecular weight is 1090 g/mol. The van der Waals surface area contributed by atoms with E-state index in [2.05, 4.69) is 222 Å². The molecule has 0 aromatic rings. The Morgan fingerprint density at radius 2 is 0.257 bits per heavy atom. The Bertz CT molecular complexity index is 1180. The van der Waals surface area contributed by atoms with Gasteiger partial charge in [-0.25, -0.2) is 56.0 Å². The first-order chi connectivity index (χ1) is 33.1. The van der Waals surface area contributed by atoms with Crippen molar-refractivity contribution in [1.29, 1.82) is 0 Å². The molecule has 0 unspecified atom stereocenters. The van der Waals surface area contributed by atoms with Gasteiger partial charge in [-0.15, -0.1) is 0 Å². The molecule has 0 bridgehead atoms. The molecule has 0 aliphatic rings. The zero-order valence-electron chi connectivity index (χ0n) is 50.8. The predicted octanol–water partition coefficient (Wildman–Crippen LogP) is 14.4. The molecule has 0 fully saturated rings. The van der Waals surface area contributed by atoms with Crippen LogP contribution in [-0.4, -0.2) is 219 Å². The molecule has 17 nitrogen and oxygen atoms in total. The van der Waals surface area contributed by atoms with Crippen molar-refractivity contribution in [2.45, 2.75) is 166 Å². The van der Waals surface area contributed by atoms with Gasteiger partial charge >= 0.3 is 7.87 Å². The second-order valence-electron chi connectivity index (χ2n) is 16.7. The monoisotopic (exact) mass is 1090 g/mol. The standard InChI is InChI=1S/C48H120N16P5.H2O/c1-25-53(26-2)66(54(27-3)28-4,55(29-5)30-6)49-65(50-67(56(31-7)32-8,57(33-9)34-10)58(35-11)36-12,51-68(59(37-13)38-14,60(39-15)40-16)61(41-17)42-18)52-69(62(43-19)44-20,63(45-21)46-22)64(47-23)48-24;/h25-48H2,1-24H3;1H2/q+1;/p-1. The van der Waals surface area contributed by atoms with Crippen molar-refractivity contribution < 1.29 is 5.48 Å². The summed E-state index contributed by atoms with van der Waals surface area (Å²) in [5, 5.41) is 0. The van der Waals surface area contributed by atoms with Gasteiger partial charge in [0.25, 0.3) is 0 Å². The highest BCUT2D eigenvalue weighted by molar-refractivity contribution is 7.88. The molecule has 0 heterocycles. The highest BCUT2D eigenvalue weighted by Gasteiger charge is 2.60. The quantitative estimate of drug-likeness (QED) is 0.0542. The van der Waals surface area contributed by atoms with Crippen LogP contribution in [0.1, 0.15) is 166 Å². The number of rotatable bonds is 40. The first-order valence-corrected chi connectivity index (χ1v) is 36.6. The van der Waals surface area contributed by atoms with Crippen LogP contribution in [-0.2, 0) is 0 Å². The average Bonchev–Trinajstić information content (AvgIpc) is 3.35. The lowest BCUT2D eigenvalue weighted by Crippen LogP contribution is -2.43. The van der Waals surface area contributed by atoms with E-state index in [-0.39, 0.29) is 5.48 Å². The van der Waals surface area contributed by atoms with Gasteiger partial charge in [0.1, 0.15) is 0 Å². The Hall–Kier alpha value is 0.830. The van der Waals surface area contributed by atoms with Crippen LogP contribution in [0.2, 0.25) is 0 Å². The van der Waals surface area contributed by atoms with Gasteiger partial charge in [0.15, 0.2) is 0 Å². The Balaban J connectivity index is 0. The molecular weight excluding hydrogens is 972 g/mol. The van der Waals surface area contributed by atoms with E-state index in [1.165, 1.54) is 0 Å². The van der Waals surface area contributed by atoms with Crippen LogP contribution in [0.3, 0.4) is 0 Å². The van der Waals surface area contributed by atoms with Crippen LogP contribution in [0.5, 0.6) is 0 Å². The van der Waals surface area contributed by atoms with E-state index < -0.39 is 37.9 Å². The lowest BCUT2D eigenvalue weighted by atomic mass is 10.7. The number of hydrogen-bond acceptors (Lipinski definition) is 5. The van der Waals surface area contributed by atoms with Crippen molar-refractivity contribution in [1.82, 2.24) is 56.0 Å². The van der Waals surface area contributed by atoms with Gasteiger partial charge in [-0.2, -0.15) is 0 Å². The molecular formula is C48H121N16OP5. The third-order valence-electron chi connectivity index (χ3n) is 14.3. The molecule has 0 rings (SSSR count). The summed E-state index contributed by atoms with van der Waals surface area (Å²) in [5.74, 6) is 0. The first-order valence-electron chi connectivity index (χ1n) is 28.6. The van der Waals surface area contributed by atoms with Crippen LogP contribution >= 0.6 is 37.9 Å². The molecule has 0 spiro atoms. The minimum atomic E-state index is -3.75. The van der Waals surface area contributed by atoms with Crippen LogP contribution < -0.4 is 0 Å². The van der Waals surface area contributed by atoms with E-state index in [1.807, 2.05) is 0 Å². The van der Waals surface area contributed by atoms with Gasteiger partial charge < -0.3 is 5.48 Å². The summed E-state index contributed by atoms with van der Waals surface area (Å²) in [6.07, 6.45) is 0. The van der Waals surface area contributed by atoms with Crippen LogP contribution in [0.25, 0.3) is 0 Å². The lowest BCUT2D eigenvalue weighted by Gasteiger charge is -2.50. The van der Waals surface area contributed by atoms with Crippen molar-refractivity contribution in [3.05, 3.63) is 0 Å². The topological polar surface area (TPSA) is 118 Å². The highest BCUT2D eigenvalue weighted by Crippen LogP contribution is 2.88. The van der Waals surface area contributed by atoms with Gasteiger partial charge in [-0.3, -0.25) is 0 Å². The maximum Gasteiger partial charge on any atom is 0.502 e. The Kier molecular flexibility index (Phi) is 38.3. The molecule has 0 aromatic carbocycles. The highest BCUT2D eigenvalue weighted by atomic mass is 31.3. The van der Waals surface area contributed by atoms with Gasteiger partial charge in [0, 0.05) is 157 Å². The fourth-order valence-corrected chi connectivity index (χ4v) is 37.6. The van der Waals surface area contributed by atoms with E-state index >= 15 is 0 Å². The summed E-state index contributed by atoms with van der Waals surface area (Å²) >= 11 is 0. The van der Waals surface area contributed by atoms with Gasteiger partial charge in [0.05, 0.1) is 0 Å². The third kappa shape index (κ3) is 15.1. The molecule has 0 aromatic heterocycles. The van der Waals surface area contributed by atoms with Crippen molar-refractivity contribution >= 4 is 37.9 Å². The number of nitrogens with zero attached hydrogens (tertiary/aromatic N) is 16. The van der Waals surface area contributed by atoms with E-state index in [0.29, 0.717) is 0 Å². The summed E-state index contributed by atoms with van der Waals surface area (Å²) in [6.45, 7) is 77.6. The SMILES string of the molecule is CCN(CC)P(=N[P+](N=P(N(CC)CC)(N(CC)CC)N(CC)CC)(N=P(N(CC)CC)(N(CC)CC)N(CC)CC)N=P(N(CC)CC)(N(CC)CC)N(CC)CC)(N(CC)CC)N(CC)CC.[OH-]. The van der Waals surface area contributed by atoms with E-state index in [0.717, 1.165) is 157 Å². The fourth-order valence-electron chi connectivity index (χ4n) is 10.8. The zero-order valence-corrected chi connectivity index (χ0v) is 55.3. The van der Waals surface area contributed by atoms with Crippen molar-refractivity contribution in [3.63, 3.8) is 0 Å². The molecule has 0 saturated heterocycles. The molecule has 1 N–H and O–H groups in total. The van der Waals surface area contributed by atoms with Gasteiger partial charge in [0.2, 0.25) is 30.0 Å². The maximum atomic E-state index is 7.12. The van der Waals surface area contributed by atoms with E-state index in [4.69, 9.17) is 18.1 Å². The minimum absolute atomic E-state index is 0. The van der Waals surface area contributed by atoms with Crippen LogP contribution in [0.15, 0.2) is 18.1 Å². The summed E-state index contributed by atoms with van der Waals surface area (Å²) in [4.78, 5) is 0. The molecule has 0 atom stereocenters. The molecule has 0 saturated carbocycles. The Morgan fingerprint density at radius 3 is 0.314 bits per heavy atom. The van der Waals surface area contributed by atoms with Crippen molar-refractivity contribution in [2.75, 3.05) is 157 Å². The van der Waals surface area contributed by atoms with Gasteiger partial charge in [-0.1, -0.05) is 166 Å². The molecule has 424 valence electrons. The molecule has 0 amide bonds. The summed E-state index contributed by atoms with van der Waals surface area (Å²) in [7, 11) is -15.2. The van der Waals surface area contributed by atoms with Gasteiger partial charge in [-0.05, 0) is 18.1 Å². The zero-order chi connectivity index (χ0) is 53.2. The molecule has 70 heavy (non-hydrogen) atoms. The second-order valence-corrected chi connectivity index (χ2v) is 31.7. The van der Waals surface area contributed by atoms with Crippen LogP contribution in [0.4, 0.5) is 0 Å². The van der Waals surface area contributed by atoms with Crippen molar-refractivity contribution in [3.8, 4) is 0 Å². The fraction of sp³-hybridized carbons (Fsp3) is 1.00. The number of hydrogen-bond donors (Lipinski definition) is 0. The normalized spacial score (nSPS) is 13.7. The largest absolute Gasteiger partial charge is 0.870 e. The lowest BCUT2D eigenvalue weighted by molar-refractivity contribution is 0.338. The molecule has 0 aliphatic heterocycles. The molecule has 22 heteroatoms. The van der Waals surface area contributed by atoms with Crippen LogP contribution in [0, 0.1) is 0 Å². The van der Waals surface area contributed by atoms with E-state index in [9.17, 15) is 0 Å². The summed E-state index contributed by atoms with van der Waals surface area (Å²) < 4.78 is 61.6. The summed E-state index contributed by atoms with van der Waals surface area (Å²) in [5.41, 5.74) is 0. The summed E-state index contributed by atoms with van der Waals surface area (Å²) in [6, 6.07) is 0. The first kappa shape index (κ1) is 72.9. The minimum Gasteiger partial charge on any atom is -0.870 e.